The first-order valence-corrected chi connectivity index (χ1v) is 7.23. The molecule has 0 saturated carbocycles. The van der Waals surface area contributed by atoms with Crippen LogP contribution in [0.3, 0.4) is 0 Å². The summed E-state index contributed by atoms with van der Waals surface area (Å²) < 4.78 is 0. The number of hydrogen-bond donors (Lipinski definition) is 1. The normalized spacial score (nSPS) is 15.0. The summed E-state index contributed by atoms with van der Waals surface area (Å²) in [5.41, 5.74) is 1.09. The van der Waals surface area contributed by atoms with Gasteiger partial charge in [-0.25, -0.2) is 0 Å². The van der Waals surface area contributed by atoms with E-state index in [0.717, 1.165) is 24.0 Å². The molecule has 1 nitrogen and oxygen atoms in total. The zero-order valence-electron chi connectivity index (χ0n) is 12.2. The average molecular weight is 258 g/mol. The molecular formula is C18H26O. The summed E-state index contributed by atoms with van der Waals surface area (Å²) in [4.78, 5) is 0. The van der Waals surface area contributed by atoms with Gasteiger partial charge in [-0.05, 0) is 30.9 Å². The third-order valence-corrected chi connectivity index (χ3v) is 3.58. The second-order valence-corrected chi connectivity index (χ2v) is 5.18. The summed E-state index contributed by atoms with van der Waals surface area (Å²) in [6.07, 6.45) is 9.48. The Morgan fingerprint density at radius 3 is 2.47 bits per heavy atom. The van der Waals surface area contributed by atoms with E-state index in [9.17, 15) is 5.11 Å². The highest BCUT2D eigenvalue weighted by molar-refractivity contribution is 5.33. The molecule has 19 heavy (non-hydrogen) atoms. The predicted molar refractivity (Wildman–Crippen MR) is 83.1 cm³/mol. The van der Waals surface area contributed by atoms with E-state index in [1.54, 1.807) is 6.08 Å². The van der Waals surface area contributed by atoms with Crippen LogP contribution in [0.25, 0.3) is 0 Å². The smallest absolute Gasteiger partial charge is 0.108 e. The van der Waals surface area contributed by atoms with Gasteiger partial charge in [0.15, 0.2) is 0 Å². The third kappa shape index (κ3) is 4.68. The van der Waals surface area contributed by atoms with Crippen LogP contribution in [0.5, 0.6) is 0 Å². The monoisotopic (exact) mass is 258 g/mol. The van der Waals surface area contributed by atoms with Gasteiger partial charge in [0, 0.05) is 0 Å². The summed E-state index contributed by atoms with van der Waals surface area (Å²) in [5.74, 6) is 0. The van der Waals surface area contributed by atoms with Gasteiger partial charge in [-0.2, -0.15) is 0 Å². The Bertz CT molecular complexity index is 401. The average Bonchev–Trinajstić information content (AvgIpc) is 2.43. The van der Waals surface area contributed by atoms with Crippen LogP contribution >= 0.6 is 0 Å². The van der Waals surface area contributed by atoms with Gasteiger partial charge in [-0.15, -0.1) is 0 Å². The number of aliphatic hydroxyl groups is 1. The Hall–Kier alpha value is -1.34. The van der Waals surface area contributed by atoms with E-state index in [-0.39, 0.29) is 0 Å². The molecule has 0 aromatic heterocycles. The highest BCUT2D eigenvalue weighted by atomic mass is 16.3. The van der Waals surface area contributed by atoms with Gasteiger partial charge in [0.1, 0.15) is 5.60 Å². The Morgan fingerprint density at radius 1 is 1.21 bits per heavy atom. The van der Waals surface area contributed by atoms with Gasteiger partial charge in [0.05, 0.1) is 0 Å². The van der Waals surface area contributed by atoms with Crippen molar-refractivity contribution in [1.82, 2.24) is 0 Å². The summed E-state index contributed by atoms with van der Waals surface area (Å²) in [7, 11) is 0. The zero-order valence-corrected chi connectivity index (χ0v) is 12.2. The lowest BCUT2D eigenvalue weighted by molar-refractivity contribution is 0.0931. The van der Waals surface area contributed by atoms with Crippen LogP contribution in [0, 0.1) is 0 Å². The van der Waals surface area contributed by atoms with Crippen molar-refractivity contribution in [1.29, 1.82) is 0 Å². The molecule has 1 rings (SSSR count). The molecule has 0 saturated heterocycles. The molecule has 1 unspecified atom stereocenters. The fraction of sp³-hybridized carbons (Fsp3) is 0.444. The molecule has 0 aliphatic rings. The molecular weight excluding hydrogens is 232 g/mol. The van der Waals surface area contributed by atoms with Crippen molar-refractivity contribution in [2.45, 2.75) is 51.6 Å². The molecule has 0 amide bonds. The summed E-state index contributed by atoms with van der Waals surface area (Å²) in [6.45, 7) is 7.85. The molecule has 0 radical (unpaired) electrons. The first-order chi connectivity index (χ1) is 9.12. The van der Waals surface area contributed by atoms with Gasteiger partial charge in [0.25, 0.3) is 0 Å². The van der Waals surface area contributed by atoms with Crippen molar-refractivity contribution in [2.24, 2.45) is 0 Å². The molecule has 1 aromatic rings. The molecule has 1 N–H and O–H groups in total. The Labute approximate surface area is 117 Å². The van der Waals surface area contributed by atoms with Crippen molar-refractivity contribution < 1.29 is 5.11 Å². The van der Waals surface area contributed by atoms with E-state index in [1.165, 1.54) is 19.3 Å². The van der Waals surface area contributed by atoms with E-state index >= 15 is 0 Å². The summed E-state index contributed by atoms with van der Waals surface area (Å²) >= 11 is 0. The van der Waals surface area contributed by atoms with Crippen LogP contribution in [-0.4, -0.2) is 5.11 Å². The van der Waals surface area contributed by atoms with Gasteiger partial charge in [0.2, 0.25) is 0 Å². The topological polar surface area (TPSA) is 20.2 Å². The minimum absolute atomic E-state index is 0.901. The van der Waals surface area contributed by atoms with Crippen LogP contribution in [0.4, 0.5) is 0 Å². The SMILES string of the molecule is C=C/C=C(\CCCCCC)C(C)(O)c1ccccc1. The number of hydrogen-bond acceptors (Lipinski definition) is 1. The van der Waals surface area contributed by atoms with Gasteiger partial charge in [-0.1, -0.05) is 75.2 Å². The molecule has 1 atom stereocenters. The van der Waals surface area contributed by atoms with E-state index in [1.807, 2.05) is 43.3 Å². The lowest BCUT2D eigenvalue weighted by atomic mass is 9.84. The lowest BCUT2D eigenvalue weighted by Gasteiger charge is -2.27. The van der Waals surface area contributed by atoms with Gasteiger partial charge < -0.3 is 5.11 Å². The maximum Gasteiger partial charge on any atom is 0.108 e. The fourth-order valence-corrected chi connectivity index (χ4v) is 2.32. The van der Waals surface area contributed by atoms with E-state index in [4.69, 9.17) is 0 Å². The minimum Gasteiger partial charge on any atom is -0.381 e. The van der Waals surface area contributed by atoms with Crippen LogP contribution in [-0.2, 0) is 5.60 Å². The van der Waals surface area contributed by atoms with E-state index in [2.05, 4.69) is 13.5 Å². The molecule has 0 fully saturated rings. The van der Waals surface area contributed by atoms with Gasteiger partial charge in [-0.3, -0.25) is 0 Å². The lowest BCUT2D eigenvalue weighted by Crippen LogP contribution is -2.24. The standard InChI is InChI=1S/C18H26O/c1-4-6-7-9-13-16(12-5-2)18(3,19)17-14-10-8-11-15-17/h5,8,10-12,14-15,19H,2,4,6-7,9,13H2,1,3H3/b16-12+. The molecule has 1 heteroatoms. The van der Waals surface area contributed by atoms with Crippen LogP contribution < -0.4 is 0 Å². The van der Waals surface area contributed by atoms with Crippen LogP contribution in [0.15, 0.2) is 54.6 Å². The van der Waals surface area contributed by atoms with Gasteiger partial charge >= 0.3 is 0 Å². The quantitative estimate of drug-likeness (QED) is 0.515. The zero-order chi connectivity index (χ0) is 14.1. The maximum absolute atomic E-state index is 10.8. The number of allylic oxidation sites excluding steroid dienone is 2. The first-order valence-electron chi connectivity index (χ1n) is 7.23. The van der Waals surface area contributed by atoms with Crippen molar-refractivity contribution in [3.63, 3.8) is 0 Å². The number of rotatable bonds is 8. The molecule has 0 aliphatic heterocycles. The molecule has 1 aromatic carbocycles. The number of unbranched alkanes of at least 4 members (excludes halogenated alkanes) is 3. The van der Waals surface area contributed by atoms with Crippen LogP contribution in [0.2, 0.25) is 0 Å². The van der Waals surface area contributed by atoms with Crippen LogP contribution in [0.1, 0.15) is 51.5 Å². The Balaban J connectivity index is 2.80. The third-order valence-electron chi connectivity index (χ3n) is 3.58. The molecule has 0 aliphatic carbocycles. The predicted octanol–water partition coefficient (Wildman–Crippen LogP) is 4.98. The van der Waals surface area contributed by atoms with Crippen molar-refractivity contribution in [3.05, 3.63) is 60.2 Å². The number of benzene rings is 1. The second-order valence-electron chi connectivity index (χ2n) is 5.18. The van der Waals surface area contributed by atoms with E-state index < -0.39 is 5.60 Å². The minimum atomic E-state index is -0.901. The first kappa shape index (κ1) is 15.7. The maximum atomic E-state index is 10.8. The highest BCUT2D eigenvalue weighted by Gasteiger charge is 2.26. The highest BCUT2D eigenvalue weighted by Crippen LogP contribution is 2.32. The largest absolute Gasteiger partial charge is 0.381 e. The molecule has 0 bridgehead atoms. The van der Waals surface area contributed by atoms with Crippen molar-refractivity contribution in [3.8, 4) is 0 Å². The van der Waals surface area contributed by atoms with Crippen molar-refractivity contribution in [2.75, 3.05) is 0 Å². The Kier molecular flexibility index (Phi) is 6.58. The molecule has 0 heterocycles. The molecule has 104 valence electrons. The fourth-order valence-electron chi connectivity index (χ4n) is 2.32. The van der Waals surface area contributed by atoms with Crippen molar-refractivity contribution >= 4 is 0 Å². The van der Waals surface area contributed by atoms with E-state index in [0.29, 0.717) is 0 Å². The summed E-state index contributed by atoms with van der Waals surface area (Å²) in [6, 6.07) is 9.85. The second kappa shape index (κ2) is 7.96. The molecule has 0 spiro atoms. The Morgan fingerprint density at radius 2 is 1.89 bits per heavy atom. The summed E-state index contributed by atoms with van der Waals surface area (Å²) in [5, 5.41) is 10.8.